The minimum Gasteiger partial charge on any atom is -0.378 e. The van der Waals surface area contributed by atoms with Crippen molar-refractivity contribution in [3.8, 4) is 0 Å². The summed E-state index contributed by atoms with van der Waals surface area (Å²) in [6.45, 7) is 4.58. The van der Waals surface area contributed by atoms with Gasteiger partial charge in [0, 0.05) is 30.5 Å². The molecule has 0 amide bonds. The van der Waals surface area contributed by atoms with E-state index in [1.165, 1.54) is 12.1 Å². The molecule has 1 saturated heterocycles. The molecule has 0 unspecified atom stereocenters. The van der Waals surface area contributed by atoms with Crippen LogP contribution in [0.5, 0.6) is 0 Å². The van der Waals surface area contributed by atoms with Crippen LogP contribution in [0.15, 0.2) is 53.4 Å². The Bertz CT molecular complexity index is 1220. The summed E-state index contributed by atoms with van der Waals surface area (Å²) in [6, 6.07) is 10.4. The first kappa shape index (κ1) is 21.9. The molecule has 2 heterocycles. The van der Waals surface area contributed by atoms with Gasteiger partial charge in [-0.2, -0.15) is 0 Å². The Kier molecular flexibility index (Phi) is 6.19. The largest absolute Gasteiger partial charge is 0.378 e. The van der Waals surface area contributed by atoms with Crippen molar-refractivity contribution in [3.05, 3.63) is 66.0 Å². The van der Waals surface area contributed by atoms with Crippen molar-refractivity contribution in [1.29, 1.82) is 0 Å². The lowest BCUT2D eigenvalue weighted by molar-refractivity contribution is 0.122. The molecule has 8 nitrogen and oxygen atoms in total. The summed E-state index contributed by atoms with van der Waals surface area (Å²) in [4.78, 5) is 10.2. The zero-order chi connectivity index (χ0) is 22.7. The van der Waals surface area contributed by atoms with Crippen LogP contribution in [0.2, 0.25) is 0 Å². The number of aryl methyl sites for hydroxylation is 1. The SMILES string of the molecule is Cc1nc(Nc2ccc(NS(=O)(=O)c3cc(F)ccc3F)cc2)cc(N2CCOCC2)n1. The monoisotopic (exact) mass is 461 g/mol. The van der Waals surface area contributed by atoms with E-state index in [-0.39, 0.29) is 5.69 Å². The standard InChI is InChI=1S/C21H21F2N5O3S/c1-14-24-20(13-21(25-14)28-8-10-31-11-9-28)26-16-3-5-17(6-4-16)27-32(29,30)19-12-15(22)2-7-18(19)23/h2-7,12-13,27H,8-11H2,1H3,(H,24,25,26). The fraction of sp³-hybridized carbons (Fsp3) is 0.238. The molecule has 0 atom stereocenters. The lowest BCUT2D eigenvalue weighted by atomic mass is 10.3. The predicted octanol–water partition coefficient (Wildman–Crippen LogP) is 3.44. The van der Waals surface area contributed by atoms with E-state index >= 15 is 0 Å². The highest BCUT2D eigenvalue weighted by Crippen LogP contribution is 2.24. The predicted molar refractivity (Wildman–Crippen MR) is 117 cm³/mol. The van der Waals surface area contributed by atoms with E-state index in [0.29, 0.717) is 36.6 Å². The van der Waals surface area contributed by atoms with E-state index in [1.807, 2.05) is 6.07 Å². The van der Waals surface area contributed by atoms with Gasteiger partial charge < -0.3 is 15.0 Å². The Hall–Kier alpha value is -3.31. The van der Waals surface area contributed by atoms with Crippen molar-refractivity contribution in [1.82, 2.24) is 9.97 Å². The van der Waals surface area contributed by atoms with Crippen LogP contribution in [-0.4, -0.2) is 44.7 Å². The van der Waals surface area contributed by atoms with E-state index in [2.05, 4.69) is 24.9 Å². The number of hydrogen-bond acceptors (Lipinski definition) is 7. The summed E-state index contributed by atoms with van der Waals surface area (Å²) in [5.74, 6) is 0.118. The Balaban J connectivity index is 1.48. The van der Waals surface area contributed by atoms with Crippen LogP contribution >= 0.6 is 0 Å². The number of sulfonamides is 1. The molecule has 3 aromatic rings. The van der Waals surface area contributed by atoms with Crippen LogP contribution in [0.3, 0.4) is 0 Å². The molecule has 32 heavy (non-hydrogen) atoms. The Labute approximate surface area is 184 Å². The highest BCUT2D eigenvalue weighted by atomic mass is 32.2. The Morgan fingerprint density at radius 3 is 2.38 bits per heavy atom. The fourth-order valence-electron chi connectivity index (χ4n) is 3.23. The molecule has 0 radical (unpaired) electrons. The minimum atomic E-state index is -4.28. The number of morpholine rings is 1. The number of anilines is 4. The van der Waals surface area contributed by atoms with Gasteiger partial charge >= 0.3 is 0 Å². The molecule has 1 aliphatic rings. The van der Waals surface area contributed by atoms with Crippen LogP contribution in [0.25, 0.3) is 0 Å². The Morgan fingerprint density at radius 2 is 1.66 bits per heavy atom. The van der Waals surface area contributed by atoms with Crippen molar-refractivity contribution in [2.24, 2.45) is 0 Å². The molecule has 1 aliphatic heterocycles. The zero-order valence-electron chi connectivity index (χ0n) is 17.2. The lowest BCUT2D eigenvalue weighted by Gasteiger charge is -2.28. The van der Waals surface area contributed by atoms with Gasteiger partial charge in [0.15, 0.2) is 0 Å². The molecule has 1 fully saturated rings. The summed E-state index contributed by atoms with van der Waals surface area (Å²) in [5, 5.41) is 3.17. The van der Waals surface area contributed by atoms with Gasteiger partial charge in [0.05, 0.1) is 13.2 Å². The summed E-state index contributed by atoms with van der Waals surface area (Å²) in [5.41, 5.74) is 0.864. The second kappa shape index (κ2) is 9.05. The van der Waals surface area contributed by atoms with Crippen LogP contribution in [0.4, 0.5) is 31.8 Å². The average Bonchev–Trinajstić information content (AvgIpc) is 2.77. The van der Waals surface area contributed by atoms with Gasteiger partial charge in [0.2, 0.25) is 0 Å². The van der Waals surface area contributed by atoms with Crippen molar-refractivity contribution in [2.45, 2.75) is 11.8 Å². The molecule has 11 heteroatoms. The fourth-order valence-corrected chi connectivity index (χ4v) is 4.38. The first-order valence-corrected chi connectivity index (χ1v) is 11.3. The van der Waals surface area contributed by atoms with Crippen LogP contribution in [0, 0.1) is 18.6 Å². The zero-order valence-corrected chi connectivity index (χ0v) is 18.0. The molecule has 0 spiro atoms. The van der Waals surface area contributed by atoms with Gasteiger partial charge in [-0.3, -0.25) is 4.72 Å². The third kappa shape index (κ3) is 5.11. The van der Waals surface area contributed by atoms with Gasteiger partial charge in [-0.25, -0.2) is 27.2 Å². The minimum absolute atomic E-state index is 0.201. The maximum atomic E-state index is 13.9. The third-order valence-corrected chi connectivity index (χ3v) is 6.15. The molecular weight excluding hydrogens is 440 g/mol. The molecular formula is C21H21F2N5O3S. The lowest BCUT2D eigenvalue weighted by Crippen LogP contribution is -2.36. The van der Waals surface area contributed by atoms with Gasteiger partial charge in [-0.05, 0) is 49.4 Å². The second-order valence-electron chi connectivity index (χ2n) is 7.14. The maximum absolute atomic E-state index is 13.9. The molecule has 2 aromatic carbocycles. The van der Waals surface area contributed by atoms with E-state index in [0.717, 1.165) is 31.0 Å². The van der Waals surface area contributed by atoms with Crippen molar-refractivity contribution < 1.29 is 21.9 Å². The van der Waals surface area contributed by atoms with Crippen LogP contribution < -0.4 is 14.9 Å². The summed E-state index contributed by atoms with van der Waals surface area (Å²) in [7, 11) is -4.28. The topological polar surface area (TPSA) is 96.5 Å². The number of aromatic nitrogens is 2. The molecule has 2 N–H and O–H groups in total. The van der Waals surface area contributed by atoms with Crippen LogP contribution in [0.1, 0.15) is 5.82 Å². The number of nitrogens with zero attached hydrogens (tertiary/aromatic N) is 3. The maximum Gasteiger partial charge on any atom is 0.264 e. The van der Waals surface area contributed by atoms with Crippen molar-refractivity contribution >= 4 is 33.0 Å². The van der Waals surface area contributed by atoms with E-state index in [4.69, 9.17) is 4.74 Å². The highest BCUT2D eigenvalue weighted by molar-refractivity contribution is 7.92. The van der Waals surface area contributed by atoms with Gasteiger partial charge in [0.25, 0.3) is 10.0 Å². The second-order valence-corrected chi connectivity index (χ2v) is 8.79. The molecule has 1 aromatic heterocycles. The summed E-state index contributed by atoms with van der Waals surface area (Å²) >= 11 is 0. The smallest absolute Gasteiger partial charge is 0.264 e. The Morgan fingerprint density at radius 1 is 0.969 bits per heavy atom. The van der Waals surface area contributed by atoms with Gasteiger partial charge in [0.1, 0.15) is 34.0 Å². The number of hydrogen-bond donors (Lipinski definition) is 2. The van der Waals surface area contributed by atoms with Gasteiger partial charge in [-0.15, -0.1) is 0 Å². The van der Waals surface area contributed by atoms with E-state index < -0.39 is 26.6 Å². The molecule has 0 bridgehead atoms. The average molecular weight is 461 g/mol. The summed E-state index contributed by atoms with van der Waals surface area (Å²) < 4.78 is 59.7. The highest BCUT2D eigenvalue weighted by Gasteiger charge is 2.20. The molecule has 0 saturated carbocycles. The van der Waals surface area contributed by atoms with E-state index in [1.54, 1.807) is 19.1 Å². The third-order valence-electron chi connectivity index (χ3n) is 4.75. The first-order chi connectivity index (χ1) is 15.3. The molecule has 0 aliphatic carbocycles. The number of benzene rings is 2. The van der Waals surface area contributed by atoms with Crippen molar-refractivity contribution in [2.75, 3.05) is 41.2 Å². The number of nitrogens with one attached hydrogen (secondary N) is 2. The quantitative estimate of drug-likeness (QED) is 0.581. The van der Waals surface area contributed by atoms with E-state index in [9.17, 15) is 17.2 Å². The van der Waals surface area contributed by atoms with Crippen LogP contribution in [-0.2, 0) is 14.8 Å². The first-order valence-electron chi connectivity index (χ1n) is 9.83. The molecule has 168 valence electrons. The number of ether oxygens (including phenoxy) is 1. The van der Waals surface area contributed by atoms with Crippen molar-refractivity contribution in [3.63, 3.8) is 0 Å². The molecule has 4 rings (SSSR count). The normalized spacial score (nSPS) is 14.3. The van der Waals surface area contributed by atoms with Gasteiger partial charge in [-0.1, -0.05) is 0 Å². The number of halogens is 2. The summed E-state index contributed by atoms with van der Waals surface area (Å²) in [6.07, 6.45) is 0. The number of rotatable bonds is 6.